The number of anilines is 1. The molecular weight excluding hydrogens is 638 g/mol. The standard InChI is InChI=1S/C29H33F3N4O5S3/c1-28(37,29(30,31)32)21-11-13-22(14-12-21)35-17-16-34(44(40,41)27-10-3-2-9-26(27)42)19-24(35)20-36(23-6-4-7-23)43(38,39)25-8-5-15-33-18-25/h2-3,5,8,10-15,18,23-24,37H,4,6-7,9,16-17,19-20H2,1H3/t24-,28-/m1/s1. The summed E-state index contributed by atoms with van der Waals surface area (Å²) in [6.45, 7) is 0.705. The maximum absolute atomic E-state index is 13.9. The van der Waals surface area contributed by atoms with Gasteiger partial charge < -0.3 is 10.0 Å². The van der Waals surface area contributed by atoms with Gasteiger partial charge in [-0.2, -0.15) is 21.8 Å². The van der Waals surface area contributed by atoms with E-state index < -0.39 is 37.9 Å². The SMILES string of the molecule is C[C@@](O)(c1ccc(N2CCN(S(=O)(=O)C3=CC=CCC3=S)C[C@@H]2CN(C2CCC2)S(=O)(=O)c2cccnc2)cc1)C(F)(F)F. The summed E-state index contributed by atoms with van der Waals surface area (Å²) >= 11 is 5.34. The molecule has 1 aromatic carbocycles. The number of benzene rings is 1. The lowest BCUT2D eigenvalue weighted by atomic mass is 9.92. The Morgan fingerprint density at radius 2 is 1.80 bits per heavy atom. The lowest BCUT2D eigenvalue weighted by molar-refractivity contribution is -0.258. The van der Waals surface area contributed by atoms with Crippen LogP contribution in [0.4, 0.5) is 18.9 Å². The van der Waals surface area contributed by atoms with Gasteiger partial charge in [-0.1, -0.05) is 42.9 Å². The summed E-state index contributed by atoms with van der Waals surface area (Å²) in [7, 11) is -8.03. The lowest BCUT2D eigenvalue weighted by Gasteiger charge is -2.46. The molecule has 1 saturated carbocycles. The third kappa shape index (κ3) is 6.22. The lowest BCUT2D eigenvalue weighted by Crippen LogP contribution is -2.60. The Balaban J connectivity index is 1.51. The third-order valence-corrected chi connectivity index (χ3v) is 12.8. The van der Waals surface area contributed by atoms with E-state index in [0.29, 0.717) is 31.9 Å². The van der Waals surface area contributed by atoms with E-state index in [-0.39, 0.29) is 52.4 Å². The van der Waals surface area contributed by atoms with E-state index >= 15 is 0 Å². The summed E-state index contributed by atoms with van der Waals surface area (Å²) in [5, 5.41) is 10.1. The van der Waals surface area contributed by atoms with Gasteiger partial charge in [0.15, 0.2) is 5.60 Å². The smallest absolute Gasteiger partial charge is 0.376 e. The minimum Gasteiger partial charge on any atom is -0.376 e. The van der Waals surface area contributed by atoms with Crippen molar-refractivity contribution >= 4 is 42.8 Å². The molecule has 3 aliphatic rings. The number of pyridine rings is 1. The van der Waals surface area contributed by atoms with Crippen molar-refractivity contribution in [2.24, 2.45) is 0 Å². The van der Waals surface area contributed by atoms with Crippen LogP contribution in [0.3, 0.4) is 0 Å². The second-order valence-electron chi connectivity index (χ2n) is 11.3. The van der Waals surface area contributed by atoms with E-state index in [9.17, 15) is 35.1 Å². The van der Waals surface area contributed by atoms with Crippen LogP contribution in [0.1, 0.15) is 38.2 Å². The van der Waals surface area contributed by atoms with E-state index in [1.54, 1.807) is 12.2 Å². The second kappa shape index (κ2) is 12.2. The Morgan fingerprint density at radius 1 is 1.09 bits per heavy atom. The highest BCUT2D eigenvalue weighted by Gasteiger charge is 2.51. The van der Waals surface area contributed by atoms with Crippen molar-refractivity contribution in [2.75, 3.05) is 31.1 Å². The van der Waals surface area contributed by atoms with Crippen molar-refractivity contribution in [3.05, 3.63) is 77.5 Å². The quantitative estimate of drug-likeness (QED) is 0.397. The number of aliphatic hydroxyl groups is 1. The first kappa shape index (κ1) is 32.7. The van der Waals surface area contributed by atoms with Crippen molar-refractivity contribution in [1.29, 1.82) is 0 Å². The number of allylic oxidation sites excluding steroid dienone is 4. The number of hydrogen-bond donors (Lipinski definition) is 1. The molecule has 0 spiro atoms. The summed E-state index contributed by atoms with van der Waals surface area (Å²) in [5.41, 5.74) is -2.96. The molecule has 2 aliphatic carbocycles. The van der Waals surface area contributed by atoms with E-state index in [1.165, 1.54) is 63.5 Å². The molecular formula is C29H33F3N4O5S3. The Hall–Kier alpha value is -2.69. The van der Waals surface area contributed by atoms with E-state index in [4.69, 9.17) is 12.2 Å². The molecule has 1 N–H and O–H groups in total. The zero-order valence-corrected chi connectivity index (χ0v) is 26.3. The Kier molecular flexibility index (Phi) is 9.10. The highest BCUT2D eigenvalue weighted by Crippen LogP contribution is 2.39. The van der Waals surface area contributed by atoms with Crippen LogP contribution in [0.25, 0.3) is 0 Å². The van der Waals surface area contributed by atoms with Crippen molar-refractivity contribution < 1.29 is 35.1 Å². The number of rotatable bonds is 9. The molecule has 0 amide bonds. The number of thiocarbonyl (C=S) groups is 1. The predicted octanol–water partition coefficient (Wildman–Crippen LogP) is 4.13. The summed E-state index contributed by atoms with van der Waals surface area (Å²) in [4.78, 5) is 6.11. The van der Waals surface area contributed by atoms with Crippen LogP contribution in [-0.4, -0.2) is 84.8 Å². The molecule has 0 bridgehead atoms. The van der Waals surface area contributed by atoms with Gasteiger partial charge >= 0.3 is 6.18 Å². The zero-order chi connectivity index (χ0) is 31.9. The zero-order valence-electron chi connectivity index (χ0n) is 23.9. The molecule has 44 heavy (non-hydrogen) atoms. The average molecular weight is 671 g/mol. The fourth-order valence-corrected chi connectivity index (χ4v) is 9.29. The van der Waals surface area contributed by atoms with Crippen LogP contribution >= 0.6 is 12.2 Å². The van der Waals surface area contributed by atoms with Crippen LogP contribution in [0.15, 0.2) is 76.8 Å². The minimum atomic E-state index is -4.90. The summed E-state index contributed by atoms with van der Waals surface area (Å²) in [6, 6.07) is 7.20. The molecule has 2 aromatic rings. The van der Waals surface area contributed by atoms with Gasteiger partial charge in [0.2, 0.25) is 20.0 Å². The Morgan fingerprint density at radius 3 is 2.36 bits per heavy atom. The largest absolute Gasteiger partial charge is 0.421 e. The number of aromatic nitrogens is 1. The first-order valence-corrected chi connectivity index (χ1v) is 17.4. The highest BCUT2D eigenvalue weighted by molar-refractivity contribution is 7.96. The average Bonchev–Trinajstić information content (AvgIpc) is 2.96. The van der Waals surface area contributed by atoms with Gasteiger partial charge in [0.05, 0.1) is 10.9 Å². The topological polar surface area (TPSA) is 111 Å². The van der Waals surface area contributed by atoms with Gasteiger partial charge in [-0.3, -0.25) is 4.98 Å². The second-order valence-corrected chi connectivity index (χ2v) is 15.6. The van der Waals surface area contributed by atoms with E-state index in [1.807, 2.05) is 4.90 Å². The number of halogens is 3. The highest BCUT2D eigenvalue weighted by atomic mass is 32.2. The summed E-state index contributed by atoms with van der Waals surface area (Å²) < 4.78 is 98.3. The molecule has 2 heterocycles. The van der Waals surface area contributed by atoms with Crippen molar-refractivity contribution in [3.63, 3.8) is 0 Å². The molecule has 1 saturated heterocycles. The number of nitrogens with zero attached hydrogens (tertiary/aromatic N) is 4. The molecule has 1 aromatic heterocycles. The van der Waals surface area contributed by atoms with Gasteiger partial charge in [-0.25, -0.2) is 16.8 Å². The maximum atomic E-state index is 13.9. The Bertz CT molecular complexity index is 1660. The number of sulfonamides is 2. The van der Waals surface area contributed by atoms with Crippen molar-refractivity contribution in [3.8, 4) is 0 Å². The number of alkyl halides is 3. The van der Waals surface area contributed by atoms with Gasteiger partial charge in [-0.05, 0) is 55.7 Å². The van der Waals surface area contributed by atoms with Crippen molar-refractivity contribution in [2.45, 2.75) is 61.4 Å². The van der Waals surface area contributed by atoms with Gasteiger partial charge in [0.25, 0.3) is 0 Å². The molecule has 9 nitrogen and oxygen atoms in total. The third-order valence-electron chi connectivity index (χ3n) is 8.45. The first-order chi connectivity index (χ1) is 20.6. The fourth-order valence-electron chi connectivity index (χ4n) is 5.54. The van der Waals surface area contributed by atoms with Crippen LogP contribution in [0.5, 0.6) is 0 Å². The first-order valence-electron chi connectivity index (χ1n) is 14.1. The van der Waals surface area contributed by atoms with Crippen LogP contribution in [0, 0.1) is 0 Å². The van der Waals surface area contributed by atoms with E-state index in [0.717, 1.165) is 6.42 Å². The molecule has 2 fully saturated rings. The maximum Gasteiger partial charge on any atom is 0.421 e. The monoisotopic (exact) mass is 670 g/mol. The summed E-state index contributed by atoms with van der Waals surface area (Å²) in [6.07, 6.45) is 5.14. The number of piperazine rings is 1. The molecule has 2 atom stereocenters. The van der Waals surface area contributed by atoms with E-state index in [2.05, 4.69) is 4.98 Å². The van der Waals surface area contributed by atoms with Crippen molar-refractivity contribution in [1.82, 2.24) is 13.6 Å². The van der Waals surface area contributed by atoms with Gasteiger partial charge in [0.1, 0.15) is 4.90 Å². The molecule has 5 rings (SSSR count). The molecule has 15 heteroatoms. The summed E-state index contributed by atoms with van der Waals surface area (Å²) in [5.74, 6) is 0. The molecule has 238 valence electrons. The van der Waals surface area contributed by atoms with Gasteiger partial charge in [-0.15, -0.1) is 0 Å². The van der Waals surface area contributed by atoms with Crippen LogP contribution in [0.2, 0.25) is 0 Å². The Labute approximate surface area is 260 Å². The fraction of sp³-hybridized carbons (Fsp3) is 0.448. The molecule has 0 radical (unpaired) electrons. The van der Waals surface area contributed by atoms with Crippen LogP contribution in [-0.2, 0) is 25.6 Å². The molecule has 1 aliphatic heterocycles. The van der Waals surface area contributed by atoms with Gasteiger partial charge in [0, 0.05) is 61.6 Å². The normalized spacial score (nSPS) is 22.0. The number of hydrogen-bond acceptors (Lipinski definition) is 8. The minimum absolute atomic E-state index is 0.0157. The predicted molar refractivity (Wildman–Crippen MR) is 164 cm³/mol. The van der Waals surface area contributed by atoms with Crippen LogP contribution < -0.4 is 4.90 Å². The molecule has 0 unspecified atom stereocenters.